The van der Waals surface area contributed by atoms with E-state index in [0.717, 1.165) is 15.4 Å². The van der Waals surface area contributed by atoms with Crippen LogP contribution in [0.2, 0.25) is 5.02 Å². The van der Waals surface area contributed by atoms with E-state index in [9.17, 15) is 13.2 Å². The number of halogens is 1. The molecular formula is C29H27ClN2O5S. The van der Waals surface area contributed by atoms with Crippen molar-refractivity contribution in [2.24, 2.45) is 0 Å². The van der Waals surface area contributed by atoms with Crippen molar-refractivity contribution in [3.05, 3.63) is 107 Å². The summed E-state index contributed by atoms with van der Waals surface area (Å²) in [5, 5.41) is 3.13. The van der Waals surface area contributed by atoms with Gasteiger partial charge in [0, 0.05) is 5.02 Å². The molecule has 0 heterocycles. The molecule has 196 valence electrons. The normalized spacial score (nSPS) is 11.1. The maximum absolute atomic E-state index is 13.6. The van der Waals surface area contributed by atoms with Crippen LogP contribution in [0.4, 0.5) is 11.4 Å². The number of nitrogens with one attached hydrogen (secondary N) is 1. The first-order chi connectivity index (χ1) is 18.2. The molecule has 1 N–H and O–H groups in total. The Bertz CT molecular complexity index is 1540. The third-order valence-corrected chi connectivity index (χ3v) is 7.75. The van der Waals surface area contributed by atoms with Crippen LogP contribution in [0.1, 0.15) is 11.1 Å². The number of methoxy groups -OCH3 is 1. The van der Waals surface area contributed by atoms with Gasteiger partial charge < -0.3 is 14.8 Å². The zero-order valence-corrected chi connectivity index (χ0v) is 22.7. The van der Waals surface area contributed by atoms with Crippen molar-refractivity contribution in [1.29, 1.82) is 0 Å². The molecule has 0 atom stereocenters. The van der Waals surface area contributed by atoms with E-state index >= 15 is 0 Å². The highest BCUT2D eigenvalue weighted by atomic mass is 35.5. The van der Waals surface area contributed by atoms with Crippen molar-refractivity contribution in [3.8, 4) is 17.2 Å². The molecule has 0 aromatic heterocycles. The quantitative estimate of drug-likeness (QED) is 0.254. The molecule has 7 nitrogen and oxygen atoms in total. The van der Waals surface area contributed by atoms with Gasteiger partial charge in [-0.1, -0.05) is 59.1 Å². The third kappa shape index (κ3) is 6.27. The van der Waals surface area contributed by atoms with Gasteiger partial charge in [0.25, 0.3) is 10.0 Å². The molecule has 4 aromatic carbocycles. The Balaban J connectivity index is 1.64. The van der Waals surface area contributed by atoms with E-state index in [1.54, 1.807) is 66.7 Å². The van der Waals surface area contributed by atoms with E-state index in [0.29, 0.717) is 28.0 Å². The minimum atomic E-state index is -4.05. The minimum absolute atomic E-state index is 0.0828. The Labute approximate surface area is 227 Å². The number of carbonyl (C=O) groups excluding carboxylic acids is 1. The molecular weight excluding hydrogens is 524 g/mol. The smallest absolute Gasteiger partial charge is 0.264 e. The molecule has 38 heavy (non-hydrogen) atoms. The number of anilines is 2. The van der Waals surface area contributed by atoms with Crippen molar-refractivity contribution in [3.63, 3.8) is 0 Å². The number of aryl methyl sites for hydroxylation is 2. The van der Waals surface area contributed by atoms with Crippen molar-refractivity contribution in [1.82, 2.24) is 0 Å². The number of sulfonamides is 1. The summed E-state index contributed by atoms with van der Waals surface area (Å²) in [5.74, 6) is 0.689. The molecule has 0 aliphatic heterocycles. The number of benzene rings is 4. The van der Waals surface area contributed by atoms with Crippen molar-refractivity contribution in [2.75, 3.05) is 23.3 Å². The number of amides is 1. The maximum atomic E-state index is 13.6. The summed E-state index contributed by atoms with van der Waals surface area (Å²) < 4.78 is 39.7. The molecule has 0 fully saturated rings. The van der Waals surface area contributed by atoms with E-state index in [1.807, 2.05) is 19.9 Å². The number of carbonyl (C=O) groups is 1. The lowest BCUT2D eigenvalue weighted by Gasteiger charge is -2.24. The van der Waals surface area contributed by atoms with Gasteiger partial charge in [0.2, 0.25) is 5.91 Å². The van der Waals surface area contributed by atoms with E-state index in [2.05, 4.69) is 5.32 Å². The highest BCUT2D eigenvalue weighted by molar-refractivity contribution is 7.92. The van der Waals surface area contributed by atoms with Gasteiger partial charge in [-0.25, -0.2) is 8.42 Å². The fourth-order valence-electron chi connectivity index (χ4n) is 3.69. The standard InChI is InChI=1S/C29H27ClN2O5S/c1-20-8-13-23(14-9-20)32(38(34,35)24-15-10-21(2)11-16-24)19-29(33)31-25-18-22(30)12-17-26(25)37-28-7-5-4-6-27(28)36-3/h4-18H,19H2,1-3H3,(H,31,33). The summed E-state index contributed by atoms with van der Waals surface area (Å²) in [4.78, 5) is 13.4. The van der Waals surface area contributed by atoms with Crippen molar-refractivity contribution in [2.45, 2.75) is 18.7 Å². The molecule has 0 bridgehead atoms. The summed E-state index contributed by atoms with van der Waals surface area (Å²) in [6.07, 6.45) is 0. The Morgan fingerprint density at radius 3 is 2.08 bits per heavy atom. The third-order valence-electron chi connectivity index (χ3n) is 5.72. The van der Waals surface area contributed by atoms with E-state index in [1.165, 1.54) is 25.3 Å². The topological polar surface area (TPSA) is 84.9 Å². The predicted octanol–water partition coefficient (Wildman–Crippen LogP) is 6.59. The van der Waals surface area contributed by atoms with Gasteiger partial charge >= 0.3 is 0 Å². The lowest BCUT2D eigenvalue weighted by molar-refractivity contribution is -0.114. The van der Waals surface area contributed by atoms with Gasteiger partial charge in [0.1, 0.15) is 6.54 Å². The van der Waals surface area contributed by atoms with Crippen LogP contribution < -0.4 is 19.1 Å². The Kier molecular flexibility index (Phi) is 8.24. The van der Waals surface area contributed by atoms with Crippen LogP contribution in [-0.4, -0.2) is 28.0 Å². The fourth-order valence-corrected chi connectivity index (χ4v) is 5.29. The van der Waals surface area contributed by atoms with Gasteiger partial charge in [0.05, 0.1) is 23.4 Å². The van der Waals surface area contributed by atoms with Gasteiger partial charge in [-0.3, -0.25) is 9.10 Å². The number of rotatable bonds is 9. The second-order valence-electron chi connectivity index (χ2n) is 8.60. The summed E-state index contributed by atoms with van der Waals surface area (Å²) in [7, 11) is -2.52. The number of hydrogen-bond donors (Lipinski definition) is 1. The molecule has 0 radical (unpaired) electrons. The van der Waals surface area contributed by atoms with Gasteiger partial charge in [-0.15, -0.1) is 0 Å². The maximum Gasteiger partial charge on any atom is 0.264 e. The fraction of sp³-hybridized carbons (Fsp3) is 0.138. The predicted molar refractivity (Wildman–Crippen MR) is 150 cm³/mol. The summed E-state index contributed by atoms with van der Waals surface area (Å²) in [6.45, 7) is 3.30. The van der Waals surface area contributed by atoms with Crippen molar-refractivity contribution < 1.29 is 22.7 Å². The van der Waals surface area contributed by atoms with Crippen LogP contribution in [-0.2, 0) is 14.8 Å². The zero-order chi connectivity index (χ0) is 27.3. The molecule has 0 aliphatic rings. The van der Waals surface area contributed by atoms with Crippen LogP contribution in [0.25, 0.3) is 0 Å². The van der Waals surface area contributed by atoms with Gasteiger partial charge in [-0.2, -0.15) is 0 Å². The Morgan fingerprint density at radius 1 is 0.842 bits per heavy atom. The molecule has 0 saturated heterocycles. The molecule has 4 rings (SSSR count). The second-order valence-corrected chi connectivity index (χ2v) is 10.9. The minimum Gasteiger partial charge on any atom is -0.493 e. The highest BCUT2D eigenvalue weighted by Gasteiger charge is 2.27. The van der Waals surface area contributed by atoms with E-state index in [4.69, 9.17) is 21.1 Å². The Morgan fingerprint density at radius 2 is 1.45 bits per heavy atom. The monoisotopic (exact) mass is 550 g/mol. The van der Waals surface area contributed by atoms with Gasteiger partial charge in [-0.05, 0) is 68.4 Å². The van der Waals surface area contributed by atoms with Crippen LogP contribution >= 0.6 is 11.6 Å². The van der Waals surface area contributed by atoms with Gasteiger partial charge in [0.15, 0.2) is 17.2 Å². The van der Waals surface area contributed by atoms with Crippen molar-refractivity contribution >= 4 is 38.9 Å². The lowest BCUT2D eigenvalue weighted by Crippen LogP contribution is -2.38. The number of para-hydroxylation sites is 2. The van der Waals surface area contributed by atoms with Crippen LogP contribution in [0, 0.1) is 13.8 Å². The summed E-state index contributed by atoms with van der Waals surface area (Å²) in [6, 6.07) is 25.3. The summed E-state index contributed by atoms with van der Waals surface area (Å²) in [5.41, 5.74) is 2.53. The largest absolute Gasteiger partial charge is 0.493 e. The first-order valence-electron chi connectivity index (χ1n) is 11.7. The molecule has 0 aliphatic carbocycles. The number of ether oxygens (including phenoxy) is 2. The zero-order valence-electron chi connectivity index (χ0n) is 21.1. The second kappa shape index (κ2) is 11.6. The number of nitrogens with zero attached hydrogens (tertiary/aromatic N) is 1. The lowest BCUT2D eigenvalue weighted by atomic mass is 10.2. The number of hydrogen-bond acceptors (Lipinski definition) is 5. The van der Waals surface area contributed by atoms with Crippen LogP contribution in [0.15, 0.2) is 95.9 Å². The molecule has 4 aromatic rings. The van der Waals surface area contributed by atoms with Crippen LogP contribution in [0.5, 0.6) is 17.2 Å². The van der Waals surface area contributed by atoms with E-state index < -0.39 is 22.5 Å². The molecule has 0 saturated carbocycles. The highest BCUT2D eigenvalue weighted by Crippen LogP contribution is 2.36. The van der Waals surface area contributed by atoms with E-state index in [-0.39, 0.29) is 10.6 Å². The van der Waals surface area contributed by atoms with Crippen LogP contribution in [0.3, 0.4) is 0 Å². The average molecular weight is 551 g/mol. The first kappa shape index (κ1) is 27.0. The molecule has 9 heteroatoms. The SMILES string of the molecule is COc1ccccc1Oc1ccc(Cl)cc1NC(=O)CN(c1ccc(C)cc1)S(=O)(=O)c1ccc(C)cc1. The molecule has 0 unspecified atom stereocenters. The summed E-state index contributed by atoms with van der Waals surface area (Å²) >= 11 is 6.21. The Hall–Kier alpha value is -4.01. The average Bonchev–Trinajstić information content (AvgIpc) is 2.90. The molecule has 1 amide bonds. The first-order valence-corrected chi connectivity index (χ1v) is 13.6. The molecule has 0 spiro atoms.